The Morgan fingerprint density at radius 3 is 1.93 bits per heavy atom. The fourth-order valence-electron chi connectivity index (χ4n) is 5.79. The first kappa shape index (κ1) is 19.8. The maximum absolute atomic E-state index is 5.98. The molecule has 0 saturated carbocycles. The molecular formula is C24H31NO2SSi. The average Bonchev–Trinajstić information content (AvgIpc) is 3.41. The fraction of sp³-hybridized carbons (Fsp3) is 0.500. The van der Waals surface area contributed by atoms with Crippen LogP contribution in [0.3, 0.4) is 0 Å². The fourth-order valence-corrected chi connectivity index (χ4v) is 13.4. The summed E-state index contributed by atoms with van der Waals surface area (Å²) in [5.41, 5.74) is 0. The number of nitrogens with zero attached hydrogens (tertiary/aromatic N) is 1. The maximum atomic E-state index is 5.98. The molecule has 0 aromatic heterocycles. The molecular weight excluding hydrogens is 394 g/mol. The molecule has 0 amide bonds. The van der Waals surface area contributed by atoms with E-state index in [0.29, 0.717) is 11.3 Å². The minimum absolute atomic E-state index is 0.280. The van der Waals surface area contributed by atoms with Crippen molar-refractivity contribution < 1.29 is 9.47 Å². The number of likely N-dealkylation sites (tertiary alicyclic amines) is 1. The predicted octanol–water partition coefficient (Wildman–Crippen LogP) is 3.20. The molecule has 3 fully saturated rings. The van der Waals surface area contributed by atoms with Gasteiger partial charge in [0.1, 0.15) is 8.07 Å². The van der Waals surface area contributed by atoms with Crippen LogP contribution in [-0.2, 0) is 9.47 Å². The van der Waals surface area contributed by atoms with Gasteiger partial charge in [0, 0.05) is 37.2 Å². The molecule has 0 N–H and O–H groups in total. The lowest BCUT2D eigenvalue weighted by molar-refractivity contribution is -0.187. The van der Waals surface area contributed by atoms with E-state index >= 15 is 0 Å². The van der Waals surface area contributed by atoms with E-state index < -0.39 is 8.07 Å². The summed E-state index contributed by atoms with van der Waals surface area (Å²) in [5, 5.41) is 3.90. The topological polar surface area (TPSA) is 21.7 Å². The van der Waals surface area contributed by atoms with Gasteiger partial charge in [-0.15, -0.1) is 0 Å². The Bertz CT molecular complexity index is 763. The van der Waals surface area contributed by atoms with Gasteiger partial charge in [-0.25, -0.2) is 0 Å². The third-order valence-corrected chi connectivity index (χ3v) is 13.8. The first-order chi connectivity index (χ1) is 14.2. The van der Waals surface area contributed by atoms with Crippen molar-refractivity contribution in [1.82, 2.24) is 4.90 Å². The molecule has 0 bridgehead atoms. The quantitative estimate of drug-likeness (QED) is 0.701. The Balaban J connectivity index is 1.44. The van der Waals surface area contributed by atoms with Crippen LogP contribution >= 0.6 is 11.8 Å². The highest BCUT2D eigenvalue weighted by molar-refractivity contribution is 7.99. The minimum Gasteiger partial charge on any atom is -0.347 e. The molecule has 5 rings (SSSR count). The number of hydrogen-bond acceptors (Lipinski definition) is 4. The Hall–Kier alpha value is -1.11. The molecule has 29 heavy (non-hydrogen) atoms. The molecule has 1 spiro atoms. The number of benzene rings is 2. The summed E-state index contributed by atoms with van der Waals surface area (Å²) in [4.78, 5) is 2.76. The lowest BCUT2D eigenvalue weighted by Gasteiger charge is -2.42. The van der Waals surface area contributed by atoms with Gasteiger partial charge in [0.05, 0.1) is 13.2 Å². The van der Waals surface area contributed by atoms with Crippen molar-refractivity contribution in [3.63, 3.8) is 0 Å². The minimum atomic E-state index is -1.78. The standard InChI is InChI=1S/C24H31NO2SSi/c1-28-23-19-29(20-8-4-2-5-9-20,21-10-6-3-7-11-21)18-22(23)25-14-12-24(13-15-25)26-16-17-27-24/h2-11,22-23H,12-19H2,1H3/t22-,23-/m1/s1. The highest BCUT2D eigenvalue weighted by atomic mass is 32.2. The van der Waals surface area contributed by atoms with Crippen LogP contribution in [0.1, 0.15) is 12.8 Å². The first-order valence-electron chi connectivity index (χ1n) is 10.9. The van der Waals surface area contributed by atoms with Gasteiger partial charge in [0.25, 0.3) is 0 Å². The zero-order valence-corrected chi connectivity index (χ0v) is 19.1. The molecule has 2 aromatic carbocycles. The summed E-state index contributed by atoms with van der Waals surface area (Å²) in [7, 11) is -1.78. The second kappa shape index (κ2) is 8.20. The van der Waals surface area contributed by atoms with Crippen LogP contribution in [0.25, 0.3) is 0 Å². The van der Waals surface area contributed by atoms with Gasteiger partial charge in [-0.05, 0) is 18.3 Å². The van der Waals surface area contributed by atoms with Crippen molar-refractivity contribution in [3.8, 4) is 0 Å². The van der Waals surface area contributed by atoms with Gasteiger partial charge in [0.15, 0.2) is 5.79 Å². The molecule has 154 valence electrons. The van der Waals surface area contributed by atoms with Gasteiger partial charge in [-0.2, -0.15) is 11.8 Å². The summed E-state index contributed by atoms with van der Waals surface area (Å²) in [6.45, 7) is 3.70. The largest absolute Gasteiger partial charge is 0.347 e. The molecule has 3 saturated heterocycles. The van der Waals surface area contributed by atoms with Crippen molar-refractivity contribution in [3.05, 3.63) is 60.7 Å². The molecule has 2 atom stereocenters. The van der Waals surface area contributed by atoms with E-state index in [-0.39, 0.29) is 5.79 Å². The first-order valence-corrected chi connectivity index (χ1v) is 14.6. The van der Waals surface area contributed by atoms with Crippen LogP contribution in [0.5, 0.6) is 0 Å². The average molecular weight is 426 g/mol. The summed E-state index contributed by atoms with van der Waals surface area (Å²) < 4.78 is 12.0. The van der Waals surface area contributed by atoms with Crippen LogP contribution in [0.15, 0.2) is 60.7 Å². The Labute approximate surface area is 179 Å². The SMILES string of the molecule is CS[C@@H]1C[Si](c2ccccc2)(c2ccccc2)C[C@H]1N1CCC2(CC1)OCCO2. The smallest absolute Gasteiger partial charge is 0.170 e. The van der Waals surface area contributed by atoms with Crippen molar-refractivity contribution in [2.75, 3.05) is 32.6 Å². The Kier molecular flexibility index (Phi) is 5.60. The van der Waals surface area contributed by atoms with E-state index in [2.05, 4.69) is 83.6 Å². The van der Waals surface area contributed by atoms with Gasteiger partial charge in [0.2, 0.25) is 0 Å². The number of hydrogen-bond donors (Lipinski definition) is 0. The number of piperidine rings is 1. The molecule has 0 unspecified atom stereocenters. The third-order valence-electron chi connectivity index (χ3n) is 7.33. The van der Waals surface area contributed by atoms with E-state index in [0.717, 1.165) is 39.1 Å². The summed E-state index contributed by atoms with van der Waals surface area (Å²) in [6.07, 6.45) is 4.33. The van der Waals surface area contributed by atoms with E-state index in [1.54, 1.807) is 10.4 Å². The van der Waals surface area contributed by atoms with E-state index in [1.165, 1.54) is 12.1 Å². The molecule has 3 nitrogen and oxygen atoms in total. The summed E-state index contributed by atoms with van der Waals surface area (Å²) in [6, 6.07) is 26.1. The zero-order chi connectivity index (χ0) is 19.7. The maximum Gasteiger partial charge on any atom is 0.170 e. The highest BCUT2D eigenvalue weighted by Gasteiger charge is 2.52. The predicted molar refractivity (Wildman–Crippen MR) is 124 cm³/mol. The highest BCUT2D eigenvalue weighted by Crippen LogP contribution is 2.42. The molecule has 3 heterocycles. The number of ether oxygens (including phenoxy) is 2. The van der Waals surface area contributed by atoms with Crippen molar-refractivity contribution in [1.29, 1.82) is 0 Å². The molecule has 5 heteroatoms. The van der Waals surface area contributed by atoms with Crippen LogP contribution < -0.4 is 10.4 Å². The van der Waals surface area contributed by atoms with E-state index in [9.17, 15) is 0 Å². The number of rotatable bonds is 4. The lowest BCUT2D eigenvalue weighted by Crippen LogP contribution is -2.57. The van der Waals surface area contributed by atoms with Crippen molar-refractivity contribution >= 4 is 30.2 Å². The van der Waals surface area contributed by atoms with Crippen LogP contribution in [-0.4, -0.2) is 62.6 Å². The Morgan fingerprint density at radius 2 is 1.41 bits per heavy atom. The van der Waals surface area contributed by atoms with Crippen molar-refractivity contribution in [2.45, 2.75) is 42.0 Å². The zero-order valence-electron chi connectivity index (χ0n) is 17.3. The molecule has 2 aromatic rings. The third kappa shape index (κ3) is 3.61. The van der Waals surface area contributed by atoms with Gasteiger partial charge in [-0.1, -0.05) is 71.0 Å². The van der Waals surface area contributed by atoms with Crippen molar-refractivity contribution in [2.24, 2.45) is 0 Å². The van der Waals surface area contributed by atoms with Crippen LogP contribution in [0, 0.1) is 0 Å². The molecule has 3 aliphatic heterocycles. The van der Waals surface area contributed by atoms with Crippen LogP contribution in [0.4, 0.5) is 0 Å². The normalized spacial score (nSPS) is 28.7. The summed E-state index contributed by atoms with van der Waals surface area (Å²) >= 11 is 2.08. The number of thioether (sulfide) groups is 1. The van der Waals surface area contributed by atoms with Gasteiger partial charge >= 0.3 is 0 Å². The molecule has 0 radical (unpaired) electrons. The van der Waals surface area contributed by atoms with Gasteiger partial charge in [-0.3, -0.25) is 4.90 Å². The summed E-state index contributed by atoms with van der Waals surface area (Å²) in [5.74, 6) is -0.280. The molecule has 0 aliphatic carbocycles. The second-order valence-electron chi connectivity index (χ2n) is 8.71. The van der Waals surface area contributed by atoms with Crippen LogP contribution in [0.2, 0.25) is 12.1 Å². The Morgan fingerprint density at radius 1 is 0.862 bits per heavy atom. The van der Waals surface area contributed by atoms with Gasteiger partial charge < -0.3 is 9.47 Å². The van der Waals surface area contributed by atoms with E-state index in [1.807, 2.05) is 0 Å². The second-order valence-corrected chi connectivity index (χ2v) is 13.9. The van der Waals surface area contributed by atoms with E-state index in [4.69, 9.17) is 9.47 Å². The lowest BCUT2D eigenvalue weighted by atomic mass is 10.0. The monoisotopic (exact) mass is 425 g/mol. The molecule has 3 aliphatic rings.